The molecule has 10 heteroatoms. The SMILES string of the molecule is O=S(=O)(c1ccc(OC(F)(F)F)cc1)N1CCc2nc3ccncc3cc2C1. The Labute approximate surface area is 158 Å². The highest BCUT2D eigenvalue weighted by atomic mass is 32.2. The standard InChI is InChI=1S/C18H14F3N3O3S/c19-18(20,21)27-14-1-3-15(4-2-14)28(25,26)24-8-6-17-13(11-24)9-12-10-22-7-5-16(12)23-17/h1-5,7,9-10H,6,8,11H2. The van der Waals surface area contributed by atoms with E-state index in [9.17, 15) is 21.6 Å². The number of ether oxygens (including phenoxy) is 1. The average molecular weight is 409 g/mol. The van der Waals surface area contributed by atoms with Gasteiger partial charge in [-0.2, -0.15) is 4.31 Å². The molecule has 1 aromatic carbocycles. The summed E-state index contributed by atoms with van der Waals surface area (Å²) >= 11 is 0. The normalized spacial score (nSPS) is 15.4. The number of rotatable bonds is 3. The first-order chi connectivity index (χ1) is 13.2. The van der Waals surface area contributed by atoms with E-state index >= 15 is 0 Å². The Morgan fingerprint density at radius 3 is 2.57 bits per heavy atom. The summed E-state index contributed by atoms with van der Waals surface area (Å²) in [6.45, 7) is 0.371. The number of hydrogen-bond donors (Lipinski definition) is 0. The number of pyridine rings is 2. The predicted octanol–water partition coefficient (Wildman–Crippen LogP) is 3.28. The van der Waals surface area contributed by atoms with Crippen LogP contribution in [0.5, 0.6) is 5.75 Å². The Morgan fingerprint density at radius 2 is 1.86 bits per heavy atom. The first-order valence-corrected chi connectivity index (χ1v) is 9.75. The topological polar surface area (TPSA) is 72.4 Å². The number of fused-ring (bicyclic) bond motifs is 2. The molecule has 0 saturated carbocycles. The quantitative estimate of drug-likeness (QED) is 0.664. The summed E-state index contributed by atoms with van der Waals surface area (Å²) < 4.78 is 67.6. The molecule has 0 unspecified atom stereocenters. The molecule has 4 rings (SSSR count). The number of benzene rings is 1. The van der Waals surface area contributed by atoms with Gasteiger partial charge < -0.3 is 4.74 Å². The Kier molecular flexibility index (Phi) is 4.47. The zero-order chi connectivity index (χ0) is 19.9. The van der Waals surface area contributed by atoms with E-state index in [-0.39, 0.29) is 18.0 Å². The number of halogens is 3. The summed E-state index contributed by atoms with van der Waals surface area (Å²) in [4.78, 5) is 8.52. The van der Waals surface area contributed by atoms with Crippen molar-refractivity contribution in [2.75, 3.05) is 6.54 Å². The first-order valence-electron chi connectivity index (χ1n) is 8.31. The maximum Gasteiger partial charge on any atom is 0.573 e. The fraction of sp³-hybridized carbons (Fsp3) is 0.222. The molecule has 0 spiro atoms. The highest BCUT2D eigenvalue weighted by Crippen LogP contribution is 2.28. The van der Waals surface area contributed by atoms with E-state index in [1.807, 2.05) is 6.07 Å². The fourth-order valence-corrected chi connectivity index (χ4v) is 4.54. The smallest absolute Gasteiger partial charge is 0.406 e. The van der Waals surface area contributed by atoms with E-state index in [4.69, 9.17) is 0 Å². The molecule has 0 N–H and O–H groups in total. The molecule has 6 nitrogen and oxygen atoms in total. The van der Waals surface area contributed by atoms with Crippen molar-refractivity contribution in [3.63, 3.8) is 0 Å². The lowest BCUT2D eigenvalue weighted by molar-refractivity contribution is -0.274. The highest BCUT2D eigenvalue weighted by Gasteiger charge is 2.32. The second-order valence-corrected chi connectivity index (χ2v) is 8.21. The Hall–Kier alpha value is -2.72. The number of aromatic nitrogens is 2. The van der Waals surface area contributed by atoms with Crippen molar-refractivity contribution in [1.82, 2.24) is 14.3 Å². The summed E-state index contributed by atoms with van der Waals surface area (Å²) in [6, 6.07) is 7.84. The molecule has 0 bridgehead atoms. The molecule has 146 valence electrons. The molecule has 3 aromatic rings. The third kappa shape index (κ3) is 3.65. The van der Waals surface area contributed by atoms with Crippen LogP contribution in [0.1, 0.15) is 11.3 Å². The lowest BCUT2D eigenvalue weighted by Crippen LogP contribution is -2.36. The van der Waals surface area contributed by atoms with Gasteiger partial charge >= 0.3 is 6.36 Å². The first kappa shape index (κ1) is 18.6. The van der Waals surface area contributed by atoms with Gasteiger partial charge in [0.2, 0.25) is 10.0 Å². The molecule has 0 saturated heterocycles. The van der Waals surface area contributed by atoms with Gasteiger partial charge in [-0.1, -0.05) is 0 Å². The fourth-order valence-electron chi connectivity index (χ4n) is 3.12. The van der Waals surface area contributed by atoms with Crippen LogP contribution in [0.3, 0.4) is 0 Å². The number of alkyl halides is 3. The van der Waals surface area contributed by atoms with Crippen LogP contribution < -0.4 is 4.74 Å². The molecule has 2 aromatic heterocycles. The minimum atomic E-state index is -4.83. The summed E-state index contributed by atoms with van der Waals surface area (Å²) in [5.41, 5.74) is 2.41. The third-order valence-electron chi connectivity index (χ3n) is 4.42. The minimum absolute atomic E-state index is 0.0964. The number of hydrogen-bond acceptors (Lipinski definition) is 5. The van der Waals surface area contributed by atoms with Crippen molar-refractivity contribution in [3.05, 3.63) is 60.0 Å². The van der Waals surface area contributed by atoms with Crippen LogP contribution in [0.2, 0.25) is 0 Å². The van der Waals surface area contributed by atoms with E-state index in [0.29, 0.717) is 6.42 Å². The maximum absolute atomic E-state index is 12.9. The zero-order valence-electron chi connectivity index (χ0n) is 14.3. The van der Waals surface area contributed by atoms with Crippen LogP contribution in [-0.2, 0) is 23.0 Å². The minimum Gasteiger partial charge on any atom is -0.406 e. The maximum atomic E-state index is 12.9. The van der Waals surface area contributed by atoms with Gasteiger partial charge in [-0.3, -0.25) is 9.97 Å². The van der Waals surface area contributed by atoms with Crippen LogP contribution in [0.15, 0.2) is 53.7 Å². The van der Waals surface area contributed by atoms with E-state index in [1.54, 1.807) is 18.5 Å². The van der Waals surface area contributed by atoms with E-state index < -0.39 is 22.1 Å². The van der Waals surface area contributed by atoms with E-state index in [2.05, 4.69) is 14.7 Å². The highest BCUT2D eigenvalue weighted by molar-refractivity contribution is 7.89. The Bertz CT molecular complexity index is 1130. The lowest BCUT2D eigenvalue weighted by atomic mass is 10.1. The van der Waals surface area contributed by atoms with Crippen LogP contribution in [0.25, 0.3) is 10.9 Å². The summed E-state index contributed by atoms with van der Waals surface area (Å²) in [6.07, 6.45) is -1.08. The van der Waals surface area contributed by atoms with Crippen molar-refractivity contribution in [2.45, 2.75) is 24.2 Å². The third-order valence-corrected chi connectivity index (χ3v) is 6.28. The van der Waals surface area contributed by atoms with Crippen molar-refractivity contribution < 1.29 is 26.3 Å². The molecule has 28 heavy (non-hydrogen) atoms. The average Bonchev–Trinajstić information content (AvgIpc) is 2.65. The van der Waals surface area contributed by atoms with Crippen LogP contribution >= 0.6 is 0 Å². The second kappa shape index (κ2) is 6.71. The van der Waals surface area contributed by atoms with Gasteiger partial charge in [0.1, 0.15) is 5.75 Å². The number of nitrogens with zero attached hydrogens (tertiary/aromatic N) is 3. The van der Waals surface area contributed by atoms with Gasteiger partial charge in [-0.15, -0.1) is 13.2 Å². The van der Waals surface area contributed by atoms with Gasteiger partial charge in [-0.25, -0.2) is 8.42 Å². The van der Waals surface area contributed by atoms with Crippen LogP contribution in [0.4, 0.5) is 13.2 Å². The van der Waals surface area contributed by atoms with Gasteiger partial charge in [0.25, 0.3) is 0 Å². The largest absolute Gasteiger partial charge is 0.573 e. The predicted molar refractivity (Wildman–Crippen MR) is 94.0 cm³/mol. The van der Waals surface area contributed by atoms with Gasteiger partial charge in [-0.05, 0) is 42.0 Å². The molecule has 3 heterocycles. The summed E-state index contributed by atoms with van der Waals surface area (Å²) in [7, 11) is -3.87. The molecule has 0 amide bonds. The van der Waals surface area contributed by atoms with Gasteiger partial charge in [0.15, 0.2) is 0 Å². The second-order valence-electron chi connectivity index (χ2n) is 6.27. The van der Waals surface area contributed by atoms with Crippen molar-refractivity contribution >= 4 is 20.9 Å². The molecule has 1 aliphatic heterocycles. The summed E-state index contributed by atoms with van der Waals surface area (Å²) in [5, 5.41) is 0.814. The molecule has 1 aliphatic rings. The Balaban J connectivity index is 1.59. The van der Waals surface area contributed by atoms with Gasteiger partial charge in [0, 0.05) is 43.0 Å². The number of sulfonamides is 1. The molecule has 0 radical (unpaired) electrons. The van der Waals surface area contributed by atoms with Crippen LogP contribution in [0, 0.1) is 0 Å². The van der Waals surface area contributed by atoms with E-state index in [0.717, 1.165) is 46.4 Å². The molecule has 0 aliphatic carbocycles. The molecular formula is C18H14F3N3O3S. The lowest BCUT2D eigenvalue weighted by Gasteiger charge is -2.27. The summed E-state index contributed by atoms with van der Waals surface area (Å²) in [5.74, 6) is -0.474. The van der Waals surface area contributed by atoms with Crippen molar-refractivity contribution in [1.29, 1.82) is 0 Å². The molecule has 0 fully saturated rings. The van der Waals surface area contributed by atoms with E-state index in [1.165, 1.54) is 4.31 Å². The van der Waals surface area contributed by atoms with Crippen LogP contribution in [-0.4, -0.2) is 35.6 Å². The monoisotopic (exact) mass is 409 g/mol. The van der Waals surface area contributed by atoms with Gasteiger partial charge in [0.05, 0.1) is 10.4 Å². The van der Waals surface area contributed by atoms with Crippen molar-refractivity contribution in [2.24, 2.45) is 0 Å². The van der Waals surface area contributed by atoms with Crippen molar-refractivity contribution in [3.8, 4) is 5.75 Å². The molecule has 0 atom stereocenters. The Morgan fingerprint density at radius 1 is 1.11 bits per heavy atom. The zero-order valence-corrected chi connectivity index (χ0v) is 15.2. The molecular weight excluding hydrogens is 395 g/mol.